The summed E-state index contributed by atoms with van der Waals surface area (Å²) >= 11 is 0. The van der Waals surface area contributed by atoms with Crippen LogP contribution in [0.3, 0.4) is 0 Å². The van der Waals surface area contributed by atoms with Crippen molar-refractivity contribution in [3.8, 4) is 0 Å². The van der Waals surface area contributed by atoms with Gasteiger partial charge in [-0.2, -0.15) is 0 Å². The van der Waals surface area contributed by atoms with Crippen molar-refractivity contribution in [2.45, 2.75) is 39.3 Å². The molecule has 0 saturated heterocycles. The van der Waals surface area contributed by atoms with E-state index in [-0.39, 0.29) is 30.5 Å². The molecule has 0 aliphatic rings. The molecule has 0 fully saturated rings. The summed E-state index contributed by atoms with van der Waals surface area (Å²) in [7, 11) is 0. The Bertz CT molecular complexity index is 722. The number of rotatable bonds is 7. The molecule has 1 aromatic carbocycles. The highest BCUT2D eigenvalue weighted by molar-refractivity contribution is 5.79. The first-order chi connectivity index (χ1) is 11.1. The Morgan fingerprint density at radius 3 is 2.70 bits per heavy atom. The van der Waals surface area contributed by atoms with Crippen LogP contribution in [0.2, 0.25) is 0 Å². The van der Waals surface area contributed by atoms with Gasteiger partial charge in [0.1, 0.15) is 6.54 Å². The lowest BCUT2D eigenvalue weighted by Gasteiger charge is -2.20. The van der Waals surface area contributed by atoms with Crippen LogP contribution >= 0.6 is 0 Å². The highest BCUT2D eigenvalue weighted by atomic mass is 16.3. The third-order valence-electron chi connectivity index (χ3n) is 4.16. The first-order valence-electron chi connectivity index (χ1n) is 7.96. The van der Waals surface area contributed by atoms with Crippen molar-refractivity contribution in [2.24, 2.45) is 5.92 Å². The highest BCUT2D eigenvalue weighted by Crippen LogP contribution is 2.12. The van der Waals surface area contributed by atoms with E-state index >= 15 is 0 Å². The van der Waals surface area contributed by atoms with Gasteiger partial charge in [-0.25, -0.2) is 4.98 Å². The standard InChI is InChI=1S/C17H23N3O3/c1-3-12(4-2)15(21)9-19-16(22)11-20-14-8-6-5-7-13(14)18-10-17(20)23/h5-8,10,12,15,21H,3-4,9,11H2,1-2H3,(H,19,22). The summed E-state index contributed by atoms with van der Waals surface area (Å²) in [6.07, 6.45) is 2.37. The fourth-order valence-electron chi connectivity index (χ4n) is 2.70. The Labute approximate surface area is 135 Å². The monoisotopic (exact) mass is 317 g/mol. The largest absolute Gasteiger partial charge is 0.391 e. The van der Waals surface area contributed by atoms with Crippen LogP contribution in [0.15, 0.2) is 35.3 Å². The Kier molecular flexibility index (Phi) is 5.87. The van der Waals surface area contributed by atoms with Gasteiger partial charge in [0.15, 0.2) is 0 Å². The molecule has 6 heteroatoms. The maximum Gasteiger partial charge on any atom is 0.269 e. The van der Waals surface area contributed by atoms with Crippen LogP contribution in [0, 0.1) is 5.92 Å². The average Bonchev–Trinajstić information content (AvgIpc) is 2.56. The van der Waals surface area contributed by atoms with E-state index in [0.717, 1.165) is 12.8 Å². The molecule has 2 aromatic rings. The van der Waals surface area contributed by atoms with Crippen molar-refractivity contribution in [3.63, 3.8) is 0 Å². The van der Waals surface area contributed by atoms with Gasteiger partial charge in [-0.3, -0.25) is 14.2 Å². The molecule has 1 amide bonds. The van der Waals surface area contributed by atoms with E-state index in [1.54, 1.807) is 18.2 Å². The summed E-state index contributed by atoms with van der Waals surface area (Å²) < 4.78 is 1.39. The Morgan fingerprint density at radius 2 is 2.00 bits per heavy atom. The maximum atomic E-state index is 12.1. The summed E-state index contributed by atoms with van der Waals surface area (Å²) in [6, 6.07) is 7.18. The van der Waals surface area contributed by atoms with Crippen molar-refractivity contribution in [1.82, 2.24) is 14.9 Å². The quantitative estimate of drug-likeness (QED) is 0.806. The number of nitrogens with zero attached hydrogens (tertiary/aromatic N) is 2. The van der Waals surface area contributed by atoms with Crippen molar-refractivity contribution in [2.75, 3.05) is 6.54 Å². The summed E-state index contributed by atoms with van der Waals surface area (Å²) in [5, 5.41) is 12.8. The van der Waals surface area contributed by atoms with Crippen LogP contribution in [0.4, 0.5) is 0 Å². The first kappa shape index (κ1) is 17.1. The van der Waals surface area contributed by atoms with Gasteiger partial charge >= 0.3 is 0 Å². The van der Waals surface area contributed by atoms with E-state index < -0.39 is 6.10 Å². The Hall–Kier alpha value is -2.21. The zero-order valence-corrected chi connectivity index (χ0v) is 13.5. The van der Waals surface area contributed by atoms with Crippen molar-refractivity contribution >= 4 is 16.9 Å². The van der Waals surface area contributed by atoms with Gasteiger partial charge in [0, 0.05) is 6.54 Å². The predicted molar refractivity (Wildman–Crippen MR) is 89.1 cm³/mol. The number of benzene rings is 1. The third kappa shape index (κ3) is 4.16. The van der Waals surface area contributed by atoms with Crippen LogP contribution in [0.25, 0.3) is 11.0 Å². The molecular formula is C17H23N3O3. The van der Waals surface area contributed by atoms with Crippen LogP contribution < -0.4 is 10.9 Å². The number of fused-ring (bicyclic) bond motifs is 1. The fourth-order valence-corrected chi connectivity index (χ4v) is 2.70. The van der Waals surface area contributed by atoms with Crippen molar-refractivity contribution in [1.29, 1.82) is 0 Å². The number of hydrogen-bond acceptors (Lipinski definition) is 4. The third-order valence-corrected chi connectivity index (χ3v) is 4.16. The summed E-state index contributed by atoms with van der Waals surface area (Å²) in [5.74, 6) is -0.131. The van der Waals surface area contributed by atoms with Crippen molar-refractivity contribution in [3.05, 3.63) is 40.8 Å². The molecule has 0 aliphatic carbocycles. The number of aromatic nitrogens is 2. The lowest BCUT2D eigenvalue weighted by molar-refractivity contribution is -0.122. The van der Waals surface area contributed by atoms with Crippen LogP contribution in [0.5, 0.6) is 0 Å². The number of carbonyl (C=O) groups is 1. The molecule has 6 nitrogen and oxygen atoms in total. The van der Waals surface area contributed by atoms with Gasteiger partial charge in [0.25, 0.3) is 5.56 Å². The van der Waals surface area contributed by atoms with E-state index in [1.165, 1.54) is 10.8 Å². The summed E-state index contributed by atoms with van der Waals surface area (Å²) in [6.45, 7) is 4.14. The number of nitrogens with one attached hydrogen (secondary N) is 1. The first-order valence-corrected chi connectivity index (χ1v) is 7.96. The molecular weight excluding hydrogens is 294 g/mol. The molecule has 0 saturated carbocycles. The molecule has 1 unspecified atom stereocenters. The molecule has 124 valence electrons. The predicted octanol–water partition coefficient (Wildman–Crippen LogP) is 1.31. The Morgan fingerprint density at radius 1 is 1.30 bits per heavy atom. The molecule has 23 heavy (non-hydrogen) atoms. The SMILES string of the molecule is CCC(CC)C(O)CNC(=O)Cn1c(=O)cnc2ccccc21. The lowest BCUT2D eigenvalue weighted by Crippen LogP contribution is -2.39. The molecule has 1 atom stereocenters. The van der Waals surface area contributed by atoms with Crippen molar-refractivity contribution < 1.29 is 9.90 Å². The number of para-hydroxylation sites is 2. The topological polar surface area (TPSA) is 84.2 Å². The molecule has 0 spiro atoms. The van der Waals surface area contributed by atoms with Crippen LogP contribution in [-0.2, 0) is 11.3 Å². The Balaban J connectivity index is 2.06. The molecule has 2 rings (SSSR count). The van der Waals surface area contributed by atoms with Gasteiger partial charge in [-0.1, -0.05) is 38.8 Å². The molecule has 0 radical (unpaired) electrons. The maximum absolute atomic E-state index is 12.1. The zero-order chi connectivity index (χ0) is 16.8. The zero-order valence-electron chi connectivity index (χ0n) is 13.5. The van der Waals surface area contributed by atoms with E-state index in [1.807, 2.05) is 19.9 Å². The molecule has 0 bridgehead atoms. The molecule has 0 aliphatic heterocycles. The minimum atomic E-state index is -0.570. The van der Waals surface area contributed by atoms with Gasteiger partial charge in [-0.15, -0.1) is 0 Å². The van der Waals surface area contributed by atoms with Gasteiger partial charge in [0.2, 0.25) is 5.91 Å². The number of aliphatic hydroxyl groups excluding tert-OH is 1. The minimum Gasteiger partial charge on any atom is -0.391 e. The fraction of sp³-hybridized carbons (Fsp3) is 0.471. The van der Waals surface area contributed by atoms with E-state index in [4.69, 9.17) is 0 Å². The smallest absolute Gasteiger partial charge is 0.269 e. The van der Waals surface area contributed by atoms with E-state index in [2.05, 4.69) is 10.3 Å². The van der Waals surface area contributed by atoms with Gasteiger partial charge in [-0.05, 0) is 18.1 Å². The van der Waals surface area contributed by atoms with Crippen LogP contribution in [0.1, 0.15) is 26.7 Å². The summed E-state index contributed by atoms with van der Waals surface area (Å²) in [4.78, 5) is 28.2. The lowest BCUT2D eigenvalue weighted by atomic mass is 9.96. The number of amides is 1. The minimum absolute atomic E-state index is 0.0858. The normalized spacial score (nSPS) is 12.5. The average molecular weight is 317 g/mol. The number of aliphatic hydroxyl groups is 1. The van der Waals surface area contributed by atoms with Gasteiger partial charge in [0.05, 0.1) is 23.3 Å². The number of hydrogen-bond donors (Lipinski definition) is 2. The molecule has 2 N–H and O–H groups in total. The second-order valence-electron chi connectivity index (χ2n) is 5.62. The van der Waals surface area contributed by atoms with Gasteiger partial charge < -0.3 is 10.4 Å². The van der Waals surface area contributed by atoms with E-state index in [0.29, 0.717) is 11.0 Å². The van der Waals surface area contributed by atoms with E-state index in [9.17, 15) is 14.7 Å². The summed E-state index contributed by atoms with van der Waals surface area (Å²) in [5.41, 5.74) is 0.965. The number of carbonyl (C=O) groups excluding carboxylic acids is 1. The highest BCUT2D eigenvalue weighted by Gasteiger charge is 2.16. The molecule has 1 aromatic heterocycles. The van der Waals surface area contributed by atoms with Crippen LogP contribution in [-0.4, -0.2) is 33.2 Å². The second-order valence-corrected chi connectivity index (χ2v) is 5.62. The second kappa shape index (κ2) is 7.87. The molecule has 1 heterocycles.